The molecule has 0 aliphatic heterocycles. The summed E-state index contributed by atoms with van der Waals surface area (Å²) in [6.07, 6.45) is 1.04. The minimum atomic E-state index is -0.564. The van der Waals surface area contributed by atoms with Gasteiger partial charge in [0.15, 0.2) is 0 Å². The molecule has 0 spiro atoms. The van der Waals surface area contributed by atoms with E-state index in [1.54, 1.807) is 0 Å². The normalized spacial score (nSPS) is 12.5. The average molecular weight is 268 g/mol. The Hall–Kier alpha value is -1.62. The molecule has 0 radical (unpaired) electrons. The molecule has 106 valence electrons. The lowest BCUT2D eigenvalue weighted by atomic mass is 10.2. The van der Waals surface area contributed by atoms with Gasteiger partial charge >= 0.3 is 0 Å². The van der Waals surface area contributed by atoms with Crippen LogP contribution in [0.3, 0.4) is 0 Å². The summed E-state index contributed by atoms with van der Waals surface area (Å²) >= 11 is 0. The number of phenols is 1. The molecule has 0 fully saturated rings. The first kappa shape index (κ1) is 15.4. The van der Waals surface area contributed by atoms with Crippen molar-refractivity contribution in [1.29, 1.82) is 0 Å². The van der Waals surface area contributed by atoms with Crippen molar-refractivity contribution in [1.82, 2.24) is 10.2 Å². The van der Waals surface area contributed by atoms with Crippen LogP contribution >= 0.6 is 0 Å². The third kappa shape index (κ3) is 4.52. The first-order chi connectivity index (χ1) is 8.95. The summed E-state index contributed by atoms with van der Waals surface area (Å²) in [5.74, 6) is -1.30. The molecular weight excluding hydrogens is 247 g/mol. The maximum atomic E-state index is 12.8. The van der Waals surface area contributed by atoms with E-state index in [1.807, 2.05) is 7.05 Å². The van der Waals surface area contributed by atoms with Crippen molar-refractivity contribution in [3.05, 3.63) is 29.6 Å². The van der Waals surface area contributed by atoms with Crippen LogP contribution in [0.15, 0.2) is 18.2 Å². The molecule has 0 heterocycles. The van der Waals surface area contributed by atoms with Gasteiger partial charge in [-0.3, -0.25) is 4.79 Å². The minimum absolute atomic E-state index is 0.0904. The summed E-state index contributed by atoms with van der Waals surface area (Å²) in [6.45, 7) is 5.43. The summed E-state index contributed by atoms with van der Waals surface area (Å²) in [5, 5.41) is 12.2. The number of aromatic hydroxyl groups is 1. The van der Waals surface area contributed by atoms with E-state index in [2.05, 4.69) is 24.1 Å². The highest BCUT2D eigenvalue weighted by atomic mass is 19.1. The van der Waals surface area contributed by atoms with E-state index in [4.69, 9.17) is 0 Å². The van der Waals surface area contributed by atoms with Crippen LogP contribution in [0.2, 0.25) is 0 Å². The van der Waals surface area contributed by atoms with Crippen molar-refractivity contribution in [2.45, 2.75) is 26.3 Å². The van der Waals surface area contributed by atoms with E-state index in [9.17, 15) is 14.3 Å². The second kappa shape index (κ2) is 7.09. The van der Waals surface area contributed by atoms with E-state index >= 15 is 0 Å². The Morgan fingerprint density at radius 3 is 2.79 bits per heavy atom. The summed E-state index contributed by atoms with van der Waals surface area (Å²) in [6, 6.07) is 3.81. The second-order valence-corrected chi connectivity index (χ2v) is 4.66. The lowest BCUT2D eigenvalue weighted by Gasteiger charge is -2.23. The Balaban J connectivity index is 2.47. The standard InChI is InChI=1S/C14H21FN2O2/c1-4-10(2)17(3)8-7-16-14(19)12-6-5-11(15)9-13(12)18/h5-6,9-10,18H,4,7-8H2,1-3H3,(H,16,19). The second-order valence-electron chi connectivity index (χ2n) is 4.66. The van der Waals surface area contributed by atoms with Crippen molar-refractivity contribution >= 4 is 5.91 Å². The number of nitrogens with zero attached hydrogens (tertiary/aromatic N) is 1. The first-order valence-electron chi connectivity index (χ1n) is 6.42. The fourth-order valence-corrected chi connectivity index (χ4v) is 1.67. The summed E-state index contributed by atoms with van der Waals surface area (Å²) < 4.78 is 12.8. The third-order valence-corrected chi connectivity index (χ3v) is 3.30. The summed E-state index contributed by atoms with van der Waals surface area (Å²) in [7, 11) is 2.00. The van der Waals surface area contributed by atoms with Crippen molar-refractivity contribution in [2.75, 3.05) is 20.1 Å². The first-order valence-corrected chi connectivity index (χ1v) is 6.42. The van der Waals surface area contributed by atoms with Gasteiger partial charge in [-0.05, 0) is 32.5 Å². The molecule has 0 aliphatic rings. The van der Waals surface area contributed by atoms with Gasteiger partial charge in [-0.1, -0.05) is 6.92 Å². The van der Waals surface area contributed by atoms with Crippen LogP contribution < -0.4 is 5.32 Å². The monoisotopic (exact) mass is 268 g/mol. The quantitative estimate of drug-likeness (QED) is 0.829. The van der Waals surface area contributed by atoms with Crippen LogP contribution in [-0.4, -0.2) is 42.1 Å². The number of rotatable bonds is 6. The topological polar surface area (TPSA) is 52.6 Å². The Kier molecular flexibility index (Phi) is 5.76. The smallest absolute Gasteiger partial charge is 0.255 e. The highest BCUT2D eigenvalue weighted by Crippen LogP contribution is 2.17. The van der Waals surface area contributed by atoms with Crippen molar-refractivity contribution < 1.29 is 14.3 Å². The molecule has 0 aliphatic carbocycles. The number of carbonyl (C=O) groups excluding carboxylic acids is 1. The van der Waals surface area contributed by atoms with Gasteiger partial charge in [-0.15, -0.1) is 0 Å². The van der Waals surface area contributed by atoms with E-state index < -0.39 is 11.7 Å². The number of hydrogen-bond donors (Lipinski definition) is 2. The highest BCUT2D eigenvalue weighted by Gasteiger charge is 2.12. The molecule has 1 aromatic rings. The number of phenolic OH excluding ortho intramolecular Hbond substituents is 1. The van der Waals surface area contributed by atoms with Gasteiger partial charge in [0.05, 0.1) is 5.56 Å². The van der Waals surface area contributed by atoms with Gasteiger partial charge in [-0.25, -0.2) is 4.39 Å². The molecule has 1 atom stereocenters. The summed E-state index contributed by atoms with van der Waals surface area (Å²) in [4.78, 5) is 13.9. The molecule has 1 amide bonds. The van der Waals surface area contributed by atoms with Crippen LogP contribution in [0.4, 0.5) is 4.39 Å². The number of nitrogens with one attached hydrogen (secondary N) is 1. The van der Waals surface area contributed by atoms with E-state index in [1.165, 1.54) is 6.07 Å². The molecular formula is C14H21FN2O2. The number of hydrogen-bond acceptors (Lipinski definition) is 3. The van der Waals surface area contributed by atoms with Gasteiger partial charge in [0.25, 0.3) is 5.91 Å². The van der Waals surface area contributed by atoms with Crippen molar-refractivity contribution in [2.24, 2.45) is 0 Å². The molecule has 1 unspecified atom stereocenters. The molecule has 0 saturated carbocycles. The van der Waals surface area contributed by atoms with E-state index in [0.717, 1.165) is 25.1 Å². The van der Waals surface area contributed by atoms with E-state index in [-0.39, 0.29) is 11.3 Å². The fourth-order valence-electron chi connectivity index (χ4n) is 1.67. The molecule has 0 saturated heterocycles. The Morgan fingerprint density at radius 1 is 1.53 bits per heavy atom. The van der Waals surface area contributed by atoms with E-state index in [0.29, 0.717) is 12.6 Å². The lowest BCUT2D eigenvalue weighted by molar-refractivity contribution is 0.0944. The molecule has 1 rings (SSSR count). The van der Waals surface area contributed by atoms with Crippen LogP contribution in [0.25, 0.3) is 0 Å². The van der Waals surface area contributed by atoms with Gasteiger partial charge in [-0.2, -0.15) is 0 Å². The summed E-state index contributed by atoms with van der Waals surface area (Å²) in [5.41, 5.74) is 0.0904. The minimum Gasteiger partial charge on any atom is -0.507 e. The number of amides is 1. The molecule has 1 aromatic carbocycles. The molecule has 19 heavy (non-hydrogen) atoms. The zero-order valence-corrected chi connectivity index (χ0v) is 11.6. The van der Waals surface area contributed by atoms with Crippen molar-refractivity contribution in [3.8, 4) is 5.75 Å². The fraction of sp³-hybridized carbons (Fsp3) is 0.500. The number of halogens is 1. The van der Waals surface area contributed by atoms with Gasteiger partial charge in [0, 0.05) is 25.2 Å². The Labute approximate surface area is 113 Å². The van der Waals surface area contributed by atoms with Gasteiger partial charge < -0.3 is 15.3 Å². The predicted molar refractivity (Wildman–Crippen MR) is 72.8 cm³/mol. The predicted octanol–water partition coefficient (Wildman–Crippen LogP) is 1.99. The molecule has 5 heteroatoms. The maximum absolute atomic E-state index is 12.8. The molecule has 0 bridgehead atoms. The average Bonchev–Trinajstić information content (AvgIpc) is 2.37. The Morgan fingerprint density at radius 2 is 2.21 bits per heavy atom. The zero-order chi connectivity index (χ0) is 14.4. The van der Waals surface area contributed by atoms with Crippen LogP contribution in [-0.2, 0) is 0 Å². The highest BCUT2D eigenvalue weighted by molar-refractivity contribution is 5.96. The zero-order valence-electron chi connectivity index (χ0n) is 11.6. The Bertz CT molecular complexity index is 437. The molecule has 2 N–H and O–H groups in total. The largest absolute Gasteiger partial charge is 0.507 e. The number of benzene rings is 1. The van der Waals surface area contributed by atoms with Gasteiger partial charge in [0.2, 0.25) is 0 Å². The molecule has 4 nitrogen and oxygen atoms in total. The lowest BCUT2D eigenvalue weighted by Crippen LogP contribution is -2.37. The molecule has 0 aromatic heterocycles. The van der Waals surface area contributed by atoms with Crippen LogP contribution in [0.5, 0.6) is 5.75 Å². The number of carbonyl (C=O) groups is 1. The van der Waals surface area contributed by atoms with Crippen LogP contribution in [0.1, 0.15) is 30.6 Å². The number of likely N-dealkylation sites (N-methyl/N-ethyl adjacent to an activating group) is 1. The van der Waals surface area contributed by atoms with Gasteiger partial charge in [0.1, 0.15) is 11.6 Å². The third-order valence-electron chi connectivity index (χ3n) is 3.30. The van der Waals surface area contributed by atoms with Crippen molar-refractivity contribution in [3.63, 3.8) is 0 Å². The van der Waals surface area contributed by atoms with Crippen LogP contribution in [0, 0.1) is 5.82 Å². The SMILES string of the molecule is CCC(C)N(C)CCNC(=O)c1ccc(F)cc1O. The maximum Gasteiger partial charge on any atom is 0.255 e.